The van der Waals surface area contributed by atoms with E-state index in [4.69, 9.17) is 19.6 Å². The number of aromatic nitrogens is 3. The van der Waals surface area contributed by atoms with Gasteiger partial charge in [-0.2, -0.15) is 4.98 Å². The molecule has 0 aliphatic carbocycles. The zero-order valence-corrected chi connectivity index (χ0v) is 27.7. The third-order valence-electron chi connectivity index (χ3n) is 6.55. The second kappa shape index (κ2) is 13.4. The molecule has 2 heterocycles. The van der Waals surface area contributed by atoms with Gasteiger partial charge in [0.2, 0.25) is 11.1 Å². The fourth-order valence-corrected chi connectivity index (χ4v) is 6.35. The summed E-state index contributed by atoms with van der Waals surface area (Å²) in [5.41, 5.74) is 4.82. The van der Waals surface area contributed by atoms with Crippen LogP contribution in [0.15, 0.2) is 86.0 Å². The largest absolute Gasteiger partial charge is 0.490 e. The second-order valence-corrected chi connectivity index (χ2v) is 12.7. The molecule has 0 radical (unpaired) electrons. The lowest BCUT2D eigenvalue weighted by molar-refractivity contribution is -0.113. The zero-order chi connectivity index (χ0) is 29.8. The van der Waals surface area contributed by atoms with Crippen LogP contribution in [0.25, 0.3) is 0 Å². The molecule has 11 heteroatoms. The highest BCUT2D eigenvalue weighted by Gasteiger charge is 2.35. The number of carbonyl (C=O) groups is 1. The number of hydrogen-bond acceptors (Lipinski definition) is 7. The minimum atomic E-state index is -0.570. The second-order valence-electron chi connectivity index (χ2n) is 9.67. The molecule has 1 aliphatic rings. The summed E-state index contributed by atoms with van der Waals surface area (Å²) < 4.78 is 15.8. The minimum absolute atomic E-state index is 0.231. The van der Waals surface area contributed by atoms with Crippen molar-refractivity contribution in [3.05, 3.63) is 97.6 Å². The molecule has 4 aromatic rings. The highest BCUT2D eigenvalue weighted by Crippen LogP contribution is 2.43. The van der Waals surface area contributed by atoms with Crippen molar-refractivity contribution in [3.8, 4) is 11.5 Å². The van der Waals surface area contributed by atoms with Crippen LogP contribution in [0, 0.1) is 6.92 Å². The lowest BCUT2D eigenvalue weighted by Gasteiger charge is -2.29. The maximum Gasteiger partial charge on any atom is 0.255 e. The molecule has 1 aromatic heterocycles. The first-order chi connectivity index (χ1) is 20.3. The van der Waals surface area contributed by atoms with E-state index in [2.05, 4.69) is 49.4 Å². The fourth-order valence-electron chi connectivity index (χ4n) is 4.78. The number of aryl methyl sites for hydroxylation is 1. The van der Waals surface area contributed by atoms with Crippen molar-refractivity contribution in [1.82, 2.24) is 14.8 Å². The summed E-state index contributed by atoms with van der Waals surface area (Å²) in [6.45, 7) is 8.66. The van der Waals surface area contributed by atoms with E-state index in [1.54, 1.807) is 16.4 Å². The maximum absolute atomic E-state index is 13.9. The molecule has 0 spiro atoms. The maximum atomic E-state index is 13.9. The van der Waals surface area contributed by atoms with Gasteiger partial charge in [-0.3, -0.25) is 4.79 Å². The Morgan fingerprint density at radius 2 is 1.88 bits per heavy atom. The number of ether oxygens (including phenoxy) is 2. The van der Waals surface area contributed by atoms with Gasteiger partial charge < -0.3 is 20.1 Å². The molecule has 3 aromatic carbocycles. The number of nitrogens with zero attached hydrogens (tertiary/aromatic N) is 3. The third kappa shape index (κ3) is 6.68. The van der Waals surface area contributed by atoms with Gasteiger partial charge >= 0.3 is 0 Å². The SMILES string of the molecule is CCOc1cc(C2C(C(=O)Nc3cccc(C)c3)=C(C)Nc3nc(SCC)nn32)cc(Br)c1OCc1cccc(Br)c1. The Morgan fingerprint density at radius 1 is 1.07 bits per heavy atom. The summed E-state index contributed by atoms with van der Waals surface area (Å²) >= 11 is 8.80. The first-order valence-electron chi connectivity index (χ1n) is 13.6. The lowest BCUT2D eigenvalue weighted by atomic mass is 9.94. The lowest BCUT2D eigenvalue weighted by Crippen LogP contribution is -2.31. The Hall–Kier alpha value is -3.28. The number of fused-ring (bicyclic) bond motifs is 1. The van der Waals surface area contributed by atoms with Crippen LogP contribution in [0.1, 0.15) is 43.5 Å². The van der Waals surface area contributed by atoms with E-state index in [-0.39, 0.29) is 5.91 Å². The van der Waals surface area contributed by atoms with Crippen LogP contribution in [0.3, 0.4) is 0 Å². The predicted octanol–water partition coefficient (Wildman–Crippen LogP) is 8.13. The number of hydrogen-bond donors (Lipinski definition) is 2. The smallest absolute Gasteiger partial charge is 0.255 e. The van der Waals surface area contributed by atoms with Crippen molar-refractivity contribution in [1.29, 1.82) is 0 Å². The Morgan fingerprint density at radius 3 is 2.62 bits per heavy atom. The summed E-state index contributed by atoms with van der Waals surface area (Å²) in [4.78, 5) is 18.6. The van der Waals surface area contributed by atoms with Crippen LogP contribution in [0.4, 0.5) is 11.6 Å². The van der Waals surface area contributed by atoms with Gasteiger partial charge in [0.05, 0.1) is 16.7 Å². The van der Waals surface area contributed by atoms with Crippen molar-refractivity contribution >= 4 is 61.2 Å². The van der Waals surface area contributed by atoms with Gasteiger partial charge in [0.25, 0.3) is 5.91 Å². The van der Waals surface area contributed by atoms with Gasteiger partial charge in [0, 0.05) is 15.9 Å². The highest BCUT2D eigenvalue weighted by atomic mass is 79.9. The van der Waals surface area contributed by atoms with E-state index < -0.39 is 6.04 Å². The van der Waals surface area contributed by atoms with Crippen LogP contribution in [-0.4, -0.2) is 33.0 Å². The molecular formula is C31H31Br2N5O3S. The van der Waals surface area contributed by atoms with E-state index in [1.807, 2.05) is 81.4 Å². The molecule has 0 saturated heterocycles. The van der Waals surface area contributed by atoms with Crippen LogP contribution >= 0.6 is 43.6 Å². The molecule has 0 fully saturated rings. The molecule has 2 N–H and O–H groups in total. The van der Waals surface area contributed by atoms with Gasteiger partial charge in [0.15, 0.2) is 11.5 Å². The van der Waals surface area contributed by atoms with Gasteiger partial charge in [-0.05, 0) is 95.5 Å². The van der Waals surface area contributed by atoms with Crippen LogP contribution in [0.5, 0.6) is 11.5 Å². The summed E-state index contributed by atoms with van der Waals surface area (Å²) in [7, 11) is 0. The highest BCUT2D eigenvalue weighted by molar-refractivity contribution is 9.10. The van der Waals surface area contributed by atoms with Gasteiger partial charge in [-0.25, -0.2) is 4.68 Å². The van der Waals surface area contributed by atoms with Crippen molar-refractivity contribution in [3.63, 3.8) is 0 Å². The van der Waals surface area contributed by atoms with Crippen LogP contribution in [-0.2, 0) is 11.4 Å². The number of anilines is 2. The standard InChI is InChI=1S/C31H31Br2N5O3S/c1-5-40-25-16-21(15-24(33)28(25)41-17-20-10-8-11-22(32)14-20)27-26(29(39)35-23-12-7-9-18(3)13-23)19(4)34-30-36-31(42-6-2)37-38(27)30/h7-16,27H,5-6,17H2,1-4H3,(H,35,39)(H,34,36,37). The van der Waals surface area contributed by atoms with Gasteiger partial charge in [-0.15, -0.1) is 5.10 Å². The van der Waals surface area contributed by atoms with Crippen molar-refractivity contribution in [2.24, 2.45) is 0 Å². The third-order valence-corrected chi connectivity index (χ3v) is 8.35. The van der Waals surface area contributed by atoms with E-state index in [9.17, 15) is 4.79 Å². The number of rotatable bonds is 10. The van der Waals surface area contributed by atoms with E-state index in [1.165, 1.54) is 0 Å². The first kappa shape index (κ1) is 30.2. The molecule has 1 aliphatic heterocycles. The van der Waals surface area contributed by atoms with Crippen molar-refractivity contribution in [2.75, 3.05) is 23.0 Å². The van der Waals surface area contributed by atoms with Gasteiger partial charge in [-0.1, -0.05) is 58.9 Å². The Labute approximate surface area is 266 Å². The average Bonchev–Trinajstić information content (AvgIpc) is 3.34. The predicted molar refractivity (Wildman–Crippen MR) is 174 cm³/mol. The molecular weight excluding hydrogens is 682 g/mol. The molecule has 1 amide bonds. The summed E-state index contributed by atoms with van der Waals surface area (Å²) in [5, 5.41) is 11.8. The van der Waals surface area contributed by atoms with E-state index >= 15 is 0 Å². The quantitative estimate of drug-likeness (QED) is 0.161. The Kier molecular flexibility index (Phi) is 9.60. The van der Waals surface area contributed by atoms with Gasteiger partial charge in [0.1, 0.15) is 12.6 Å². The van der Waals surface area contributed by atoms with Crippen molar-refractivity contribution in [2.45, 2.75) is 45.5 Å². The Balaban J connectivity index is 1.57. The fraction of sp³-hybridized carbons (Fsp3) is 0.258. The number of allylic oxidation sites excluding steroid dienone is 1. The van der Waals surface area contributed by atoms with Crippen LogP contribution in [0.2, 0.25) is 0 Å². The molecule has 0 bridgehead atoms. The number of halogens is 2. The summed E-state index contributed by atoms with van der Waals surface area (Å²) in [5.74, 6) is 2.32. The summed E-state index contributed by atoms with van der Waals surface area (Å²) in [6, 6.07) is 19.0. The average molecular weight is 713 g/mol. The molecule has 1 atom stereocenters. The number of nitrogens with one attached hydrogen (secondary N) is 2. The minimum Gasteiger partial charge on any atom is -0.490 e. The summed E-state index contributed by atoms with van der Waals surface area (Å²) in [6.07, 6.45) is 0. The van der Waals surface area contributed by atoms with E-state index in [0.29, 0.717) is 51.6 Å². The first-order valence-corrected chi connectivity index (χ1v) is 16.1. The number of thioether (sulfide) groups is 1. The molecule has 5 rings (SSSR count). The number of amides is 1. The normalized spacial score (nSPS) is 14.3. The molecule has 1 unspecified atom stereocenters. The van der Waals surface area contributed by atoms with E-state index in [0.717, 1.165) is 32.6 Å². The molecule has 42 heavy (non-hydrogen) atoms. The number of carbonyl (C=O) groups excluding carboxylic acids is 1. The Bertz CT molecular complexity index is 1660. The molecule has 0 saturated carbocycles. The molecule has 218 valence electrons. The monoisotopic (exact) mass is 711 g/mol. The zero-order valence-electron chi connectivity index (χ0n) is 23.7. The molecule has 8 nitrogen and oxygen atoms in total. The number of benzene rings is 3. The topological polar surface area (TPSA) is 90.3 Å². The van der Waals surface area contributed by atoms with Crippen LogP contribution < -0.4 is 20.1 Å². The van der Waals surface area contributed by atoms with Crippen molar-refractivity contribution < 1.29 is 14.3 Å².